The van der Waals surface area contributed by atoms with E-state index in [1.807, 2.05) is 55.5 Å². The highest BCUT2D eigenvalue weighted by Crippen LogP contribution is 2.41. The van der Waals surface area contributed by atoms with Crippen LogP contribution in [0.15, 0.2) is 158 Å². The molecule has 5 aromatic carbocycles. The van der Waals surface area contributed by atoms with Crippen molar-refractivity contribution in [2.75, 3.05) is 0 Å². The molecule has 0 amide bonds. The van der Waals surface area contributed by atoms with E-state index in [4.69, 9.17) is 19.9 Å². The Morgan fingerprint density at radius 2 is 1.36 bits per heavy atom. The predicted molar refractivity (Wildman–Crippen MR) is 208 cm³/mol. The number of thiazole rings is 1. The molecule has 9 rings (SSSR count). The molecule has 0 saturated carbocycles. The van der Waals surface area contributed by atoms with Crippen molar-refractivity contribution in [2.24, 2.45) is 0 Å². The first kappa shape index (κ1) is 29.7. The molecule has 6 nitrogen and oxygen atoms in total. The quantitative estimate of drug-likeness (QED) is 0.159. The average Bonchev–Trinajstić information content (AvgIpc) is 3.83. The van der Waals surface area contributed by atoms with E-state index in [-0.39, 0.29) is 0 Å². The molecule has 0 atom stereocenters. The minimum Gasteiger partial charge on any atom is -0.282 e. The second-order valence-corrected chi connectivity index (χ2v) is 12.9. The summed E-state index contributed by atoms with van der Waals surface area (Å²) >= 11 is 1.71. The molecule has 7 heteroatoms. The van der Waals surface area contributed by atoms with Crippen LogP contribution in [-0.2, 0) is 0 Å². The van der Waals surface area contributed by atoms with Crippen molar-refractivity contribution in [1.29, 1.82) is 0 Å². The number of aromatic nitrogens is 6. The van der Waals surface area contributed by atoms with Gasteiger partial charge in [0, 0.05) is 33.0 Å². The Bertz CT molecular complexity index is 2780. The van der Waals surface area contributed by atoms with Crippen LogP contribution in [0.2, 0.25) is 0 Å². The van der Waals surface area contributed by atoms with Gasteiger partial charge in [-0.3, -0.25) is 8.97 Å². The van der Waals surface area contributed by atoms with Gasteiger partial charge in [0.15, 0.2) is 16.6 Å². The van der Waals surface area contributed by atoms with Crippen LogP contribution >= 0.6 is 11.3 Å². The van der Waals surface area contributed by atoms with Crippen molar-refractivity contribution >= 4 is 53.9 Å². The van der Waals surface area contributed by atoms with Crippen LogP contribution < -0.4 is 0 Å². The third-order valence-corrected chi connectivity index (χ3v) is 10.0. The number of fused-ring (bicyclic) bond motifs is 6. The number of benzene rings is 5. The highest BCUT2D eigenvalue weighted by atomic mass is 32.1. The van der Waals surface area contributed by atoms with Crippen molar-refractivity contribution in [3.8, 4) is 39.9 Å². The van der Waals surface area contributed by atoms with E-state index >= 15 is 0 Å². The lowest BCUT2D eigenvalue weighted by Gasteiger charge is -2.11. The molecule has 4 aromatic heterocycles. The van der Waals surface area contributed by atoms with Gasteiger partial charge in [0.1, 0.15) is 0 Å². The van der Waals surface area contributed by atoms with Gasteiger partial charge < -0.3 is 0 Å². The maximum Gasteiger partial charge on any atom is 0.238 e. The summed E-state index contributed by atoms with van der Waals surface area (Å²) in [5.74, 6) is 1.75. The minimum atomic E-state index is 0.554. The summed E-state index contributed by atoms with van der Waals surface area (Å²) in [6.45, 7) is 5.84. The molecule has 0 saturated heterocycles. The zero-order valence-corrected chi connectivity index (χ0v) is 28.0. The smallest absolute Gasteiger partial charge is 0.238 e. The second-order valence-electron chi connectivity index (χ2n) is 11.9. The topological polar surface area (TPSA) is 60.9 Å². The average molecular weight is 663 g/mol. The number of hydrogen-bond donors (Lipinski definition) is 0. The Labute approximate surface area is 292 Å². The number of allylic oxidation sites excluding steroid dienone is 5. The van der Waals surface area contributed by atoms with Crippen LogP contribution in [0.1, 0.15) is 12.7 Å². The zero-order chi connectivity index (χ0) is 33.6. The van der Waals surface area contributed by atoms with Crippen LogP contribution in [0, 0.1) is 0 Å². The summed E-state index contributed by atoms with van der Waals surface area (Å²) in [4.78, 5) is 21.3. The summed E-state index contributed by atoms with van der Waals surface area (Å²) in [5, 5.41) is 2.21. The largest absolute Gasteiger partial charge is 0.282 e. The molecule has 9 aromatic rings. The Balaban J connectivity index is 1.29. The van der Waals surface area contributed by atoms with Gasteiger partial charge >= 0.3 is 0 Å². The molecule has 0 bridgehead atoms. The normalized spacial score (nSPS) is 12.2. The van der Waals surface area contributed by atoms with E-state index < -0.39 is 0 Å². The standard InChI is InChI=1S/C43H30N6S/c1-3-5-16-28(4-2)40-45-41(30-19-10-7-11-20-30)47-42(46-40)48-34-22-13-12-21-32(34)33-27-31(25-26-35(33)48)38-39(29-17-8-6-9-18-29)49-36-23-14-15-24-37(36)50-43(49)44-38/h3-27H,1H2,2H3/b16-5-,28-4+. The molecule has 0 spiro atoms. The molecule has 0 aliphatic rings. The van der Waals surface area contributed by atoms with Crippen molar-refractivity contribution in [3.05, 3.63) is 164 Å². The fraction of sp³-hybridized carbons (Fsp3) is 0.0233. The van der Waals surface area contributed by atoms with Crippen LogP contribution in [-0.4, -0.2) is 28.9 Å². The van der Waals surface area contributed by atoms with Crippen LogP contribution in [0.25, 0.3) is 82.4 Å². The van der Waals surface area contributed by atoms with Crippen molar-refractivity contribution in [1.82, 2.24) is 28.9 Å². The van der Waals surface area contributed by atoms with Gasteiger partial charge in [-0.2, -0.15) is 9.97 Å². The first-order valence-corrected chi connectivity index (χ1v) is 17.3. The number of nitrogens with zero attached hydrogens (tertiary/aromatic N) is 6. The van der Waals surface area contributed by atoms with E-state index in [1.165, 1.54) is 4.70 Å². The number of hydrogen-bond acceptors (Lipinski definition) is 5. The molecular weight excluding hydrogens is 633 g/mol. The van der Waals surface area contributed by atoms with Crippen LogP contribution in [0.5, 0.6) is 0 Å². The van der Waals surface area contributed by atoms with Gasteiger partial charge in [0.25, 0.3) is 0 Å². The van der Waals surface area contributed by atoms with Gasteiger partial charge in [0.05, 0.1) is 32.6 Å². The van der Waals surface area contributed by atoms with Gasteiger partial charge in [0.2, 0.25) is 5.95 Å². The molecule has 0 radical (unpaired) electrons. The first-order chi connectivity index (χ1) is 24.7. The molecule has 0 aliphatic carbocycles. The highest BCUT2D eigenvalue weighted by molar-refractivity contribution is 7.23. The van der Waals surface area contributed by atoms with Gasteiger partial charge in [-0.1, -0.05) is 139 Å². The first-order valence-electron chi connectivity index (χ1n) is 16.5. The maximum absolute atomic E-state index is 5.28. The SMILES string of the molecule is C=C/C=C\C(=C/C)c1nc(-c2ccccc2)nc(-n2c3ccccc3c3cc(-c4nc5sc6ccccc6n5c4-c4ccccc4)ccc32)n1. The summed E-state index contributed by atoms with van der Waals surface area (Å²) in [7, 11) is 0. The molecular formula is C43H30N6S. The fourth-order valence-electron chi connectivity index (χ4n) is 6.70. The van der Waals surface area contributed by atoms with Gasteiger partial charge in [-0.15, -0.1) is 0 Å². The summed E-state index contributed by atoms with van der Waals surface area (Å²) in [6.07, 6.45) is 7.64. The maximum atomic E-state index is 5.28. The van der Waals surface area contributed by atoms with Crippen molar-refractivity contribution in [2.45, 2.75) is 6.92 Å². The lowest BCUT2D eigenvalue weighted by Crippen LogP contribution is -2.07. The third kappa shape index (κ3) is 4.86. The second kappa shape index (κ2) is 12.2. The van der Waals surface area contributed by atoms with E-state index in [9.17, 15) is 0 Å². The van der Waals surface area contributed by atoms with E-state index in [2.05, 4.69) is 113 Å². The minimum absolute atomic E-state index is 0.554. The monoisotopic (exact) mass is 662 g/mol. The van der Waals surface area contributed by atoms with E-state index in [0.717, 1.165) is 65.9 Å². The molecule has 50 heavy (non-hydrogen) atoms. The molecule has 0 unspecified atom stereocenters. The molecule has 0 aliphatic heterocycles. The molecule has 238 valence electrons. The number of para-hydroxylation sites is 2. The van der Waals surface area contributed by atoms with E-state index in [1.54, 1.807) is 17.4 Å². The van der Waals surface area contributed by atoms with Crippen LogP contribution in [0.4, 0.5) is 0 Å². The predicted octanol–water partition coefficient (Wildman–Crippen LogP) is 11.0. The number of rotatable bonds is 7. The lowest BCUT2D eigenvalue weighted by molar-refractivity contribution is 0.932. The summed E-state index contributed by atoms with van der Waals surface area (Å²) in [5.41, 5.74) is 9.19. The molecule has 0 fully saturated rings. The zero-order valence-electron chi connectivity index (χ0n) is 27.2. The summed E-state index contributed by atoms with van der Waals surface area (Å²) < 4.78 is 5.66. The molecule has 0 N–H and O–H groups in total. The fourth-order valence-corrected chi connectivity index (χ4v) is 7.72. The van der Waals surface area contributed by atoms with Crippen LogP contribution in [0.3, 0.4) is 0 Å². The Morgan fingerprint density at radius 3 is 2.14 bits per heavy atom. The van der Waals surface area contributed by atoms with Gasteiger partial charge in [-0.25, -0.2) is 9.97 Å². The highest BCUT2D eigenvalue weighted by Gasteiger charge is 2.22. The van der Waals surface area contributed by atoms with Crippen molar-refractivity contribution < 1.29 is 0 Å². The molecule has 4 heterocycles. The van der Waals surface area contributed by atoms with Gasteiger partial charge in [-0.05, 0) is 37.3 Å². The number of imidazole rings is 1. The van der Waals surface area contributed by atoms with E-state index in [0.29, 0.717) is 17.6 Å². The van der Waals surface area contributed by atoms with Crippen molar-refractivity contribution in [3.63, 3.8) is 0 Å². The Morgan fingerprint density at radius 1 is 0.660 bits per heavy atom. The third-order valence-electron chi connectivity index (χ3n) is 8.98. The summed E-state index contributed by atoms with van der Waals surface area (Å²) in [6, 6.07) is 44.2. The Hall–Kier alpha value is -6.44. The lowest BCUT2D eigenvalue weighted by atomic mass is 10.0. The Kier molecular flexibility index (Phi) is 7.25.